The van der Waals surface area contributed by atoms with Crippen molar-refractivity contribution in [1.29, 1.82) is 0 Å². The molecule has 0 saturated heterocycles. The van der Waals surface area contributed by atoms with Crippen molar-refractivity contribution < 1.29 is 28.6 Å². The number of carbonyl (C=O) groups excluding carboxylic acids is 1. The maximum atomic E-state index is 11.0. The number of carboxylic acids is 1. The fourth-order valence-corrected chi connectivity index (χ4v) is 2.24. The van der Waals surface area contributed by atoms with E-state index >= 15 is 0 Å². The van der Waals surface area contributed by atoms with Gasteiger partial charge in [0, 0.05) is 10.9 Å². The Kier molecular flexibility index (Phi) is 4.20. The fraction of sp³-hybridized carbons (Fsp3) is 0.111. The van der Waals surface area contributed by atoms with Gasteiger partial charge in [-0.05, 0) is 48.5 Å². The third-order valence-corrected chi connectivity index (χ3v) is 3.49. The van der Waals surface area contributed by atoms with Crippen molar-refractivity contribution in [3.8, 4) is 17.1 Å². The lowest BCUT2D eigenvalue weighted by atomic mass is 10.1. The number of aromatic carboxylic acids is 1. The first kappa shape index (κ1) is 15.6. The van der Waals surface area contributed by atoms with Gasteiger partial charge >= 0.3 is 11.9 Å². The summed E-state index contributed by atoms with van der Waals surface area (Å²) in [5, 5.41) is 9.75. The van der Waals surface area contributed by atoms with Gasteiger partial charge in [-0.2, -0.15) is 0 Å². The first-order valence-electron chi connectivity index (χ1n) is 7.14. The van der Waals surface area contributed by atoms with Crippen LogP contribution in [0, 0.1) is 0 Å². The average Bonchev–Trinajstić information content (AvgIpc) is 3.03. The van der Waals surface area contributed by atoms with Crippen LogP contribution in [0.2, 0.25) is 0 Å². The summed E-state index contributed by atoms with van der Waals surface area (Å²) in [6.07, 6.45) is 0. The zero-order valence-corrected chi connectivity index (χ0v) is 12.8. The van der Waals surface area contributed by atoms with Gasteiger partial charge in [0.1, 0.15) is 17.1 Å². The van der Waals surface area contributed by atoms with E-state index < -0.39 is 11.9 Å². The van der Waals surface area contributed by atoms with E-state index in [0.29, 0.717) is 17.1 Å². The van der Waals surface area contributed by atoms with Crippen LogP contribution in [-0.2, 0) is 9.53 Å². The van der Waals surface area contributed by atoms with Crippen LogP contribution in [0.3, 0.4) is 0 Å². The number of methoxy groups -OCH3 is 1. The summed E-state index contributed by atoms with van der Waals surface area (Å²) < 4.78 is 15.5. The van der Waals surface area contributed by atoms with Crippen molar-refractivity contribution in [1.82, 2.24) is 0 Å². The van der Waals surface area contributed by atoms with Crippen LogP contribution >= 0.6 is 0 Å². The molecule has 0 aliphatic rings. The van der Waals surface area contributed by atoms with Gasteiger partial charge in [-0.15, -0.1) is 0 Å². The van der Waals surface area contributed by atoms with Gasteiger partial charge in [0.05, 0.1) is 12.7 Å². The highest BCUT2D eigenvalue weighted by atomic mass is 16.6. The molecule has 1 N–H and O–H groups in total. The van der Waals surface area contributed by atoms with Crippen LogP contribution in [0.1, 0.15) is 10.4 Å². The van der Waals surface area contributed by atoms with Gasteiger partial charge in [0.25, 0.3) is 0 Å². The smallest absolute Gasteiger partial charge is 0.343 e. The number of carboxylic acid groups (broad SMARTS) is 1. The molecule has 3 rings (SSSR count). The Bertz CT molecular complexity index is 892. The van der Waals surface area contributed by atoms with E-state index in [0.717, 1.165) is 10.9 Å². The summed E-state index contributed by atoms with van der Waals surface area (Å²) in [5.41, 5.74) is 1.64. The highest BCUT2D eigenvalue weighted by Crippen LogP contribution is 2.29. The quantitative estimate of drug-likeness (QED) is 0.724. The summed E-state index contributed by atoms with van der Waals surface area (Å²) in [4.78, 5) is 22.1. The lowest BCUT2D eigenvalue weighted by Crippen LogP contribution is -2.12. The van der Waals surface area contributed by atoms with E-state index in [4.69, 9.17) is 14.3 Å². The molecule has 1 aromatic heterocycles. The Morgan fingerprint density at radius 3 is 2.50 bits per heavy atom. The maximum absolute atomic E-state index is 11.0. The normalized spacial score (nSPS) is 10.5. The molecule has 0 amide bonds. The molecule has 0 radical (unpaired) electrons. The summed E-state index contributed by atoms with van der Waals surface area (Å²) >= 11 is 0. The molecule has 0 spiro atoms. The minimum atomic E-state index is -0.980. The molecule has 0 aliphatic heterocycles. The van der Waals surface area contributed by atoms with E-state index in [2.05, 4.69) is 4.74 Å². The Morgan fingerprint density at radius 1 is 1.08 bits per heavy atom. The van der Waals surface area contributed by atoms with Gasteiger partial charge in [-0.1, -0.05) is 0 Å². The highest BCUT2D eigenvalue weighted by Gasteiger charge is 2.10. The van der Waals surface area contributed by atoms with Crippen LogP contribution < -0.4 is 4.74 Å². The highest BCUT2D eigenvalue weighted by molar-refractivity contribution is 5.94. The largest absolute Gasteiger partial charge is 0.482 e. The topological polar surface area (TPSA) is 86.0 Å². The number of hydrogen-bond acceptors (Lipinski definition) is 5. The molecule has 0 saturated carbocycles. The van der Waals surface area contributed by atoms with Crippen molar-refractivity contribution >= 4 is 22.9 Å². The third-order valence-electron chi connectivity index (χ3n) is 3.49. The Balaban J connectivity index is 1.82. The van der Waals surface area contributed by atoms with Crippen LogP contribution in [-0.4, -0.2) is 30.8 Å². The van der Waals surface area contributed by atoms with Crippen molar-refractivity contribution in [2.24, 2.45) is 0 Å². The molecule has 0 bridgehead atoms. The summed E-state index contributed by atoms with van der Waals surface area (Å²) in [7, 11) is 1.30. The van der Waals surface area contributed by atoms with Crippen molar-refractivity contribution in [3.05, 3.63) is 54.1 Å². The van der Waals surface area contributed by atoms with Crippen molar-refractivity contribution in [2.75, 3.05) is 13.7 Å². The molecule has 0 aliphatic carbocycles. The van der Waals surface area contributed by atoms with E-state index in [9.17, 15) is 9.59 Å². The lowest BCUT2D eigenvalue weighted by molar-refractivity contribution is -0.142. The van der Waals surface area contributed by atoms with E-state index in [1.165, 1.54) is 13.2 Å². The summed E-state index contributed by atoms with van der Waals surface area (Å²) in [6.45, 7) is -0.154. The van der Waals surface area contributed by atoms with Gasteiger partial charge in [-0.25, -0.2) is 9.59 Å². The molecule has 6 heteroatoms. The van der Waals surface area contributed by atoms with Gasteiger partial charge in [0.15, 0.2) is 6.61 Å². The van der Waals surface area contributed by atoms with E-state index in [1.807, 2.05) is 0 Å². The Hall–Kier alpha value is -3.28. The van der Waals surface area contributed by atoms with E-state index in [-0.39, 0.29) is 12.2 Å². The van der Waals surface area contributed by atoms with Crippen LogP contribution in [0.25, 0.3) is 22.3 Å². The summed E-state index contributed by atoms with van der Waals surface area (Å²) in [6, 6.07) is 13.5. The number of carbonyl (C=O) groups is 2. The van der Waals surface area contributed by atoms with Crippen LogP contribution in [0.15, 0.2) is 52.9 Å². The summed E-state index contributed by atoms with van der Waals surface area (Å²) in [5.74, 6) is -0.280. The molecule has 2 aromatic carbocycles. The second-order valence-corrected chi connectivity index (χ2v) is 5.06. The zero-order chi connectivity index (χ0) is 17.1. The van der Waals surface area contributed by atoms with Gasteiger partial charge in [0.2, 0.25) is 0 Å². The molecule has 24 heavy (non-hydrogen) atoms. The first-order chi connectivity index (χ1) is 11.6. The number of furan rings is 1. The Labute approximate surface area is 137 Å². The molecule has 122 valence electrons. The number of ether oxygens (including phenoxy) is 2. The van der Waals surface area contributed by atoms with E-state index in [1.54, 1.807) is 42.5 Å². The first-order valence-corrected chi connectivity index (χ1v) is 7.14. The molecular formula is C18H14O6. The number of fused-ring (bicyclic) bond motifs is 1. The molecule has 3 aromatic rings. The fourth-order valence-electron chi connectivity index (χ4n) is 2.24. The molecular weight excluding hydrogens is 312 g/mol. The average molecular weight is 326 g/mol. The minimum Gasteiger partial charge on any atom is -0.482 e. The molecule has 0 unspecified atom stereocenters. The van der Waals surface area contributed by atoms with Crippen LogP contribution in [0.4, 0.5) is 0 Å². The second-order valence-electron chi connectivity index (χ2n) is 5.06. The number of hydrogen-bond donors (Lipinski definition) is 1. The number of esters is 1. The van der Waals surface area contributed by atoms with Crippen molar-refractivity contribution in [2.45, 2.75) is 0 Å². The molecule has 1 heterocycles. The molecule has 6 nitrogen and oxygen atoms in total. The molecule has 0 atom stereocenters. The number of rotatable bonds is 5. The monoisotopic (exact) mass is 326 g/mol. The maximum Gasteiger partial charge on any atom is 0.343 e. The lowest BCUT2D eigenvalue weighted by Gasteiger charge is -2.05. The standard InChI is InChI=1S/C18H14O6/c1-22-17(19)10-23-14-5-2-11(3-6-14)16-9-13-8-12(18(20)21)4-7-15(13)24-16/h2-9H,10H2,1H3,(H,20,21). The van der Waals surface area contributed by atoms with Crippen molar-refractivity contribution in [3.63, 3.8) is 0 Å². The van der Waals surface area contributed by atoms with Gasteiger partial charge < -0.3 is 19.0 Å². The zero-order valence-electron chi connectivity index (χ0n) is 12.8. The predicted octanol–water partition coefficient (Wildman–Crippen LogP) is 3.35. The third kappa shape index (κ3) is 3.22. The van der Waals surface area contributed by atoms with Gasteiger partial charge in [-0.3, -0.25) is 0 Å². The molecule has 0 fully saturated rings. The Morgan fingerprint density at radius 2 is 1.83 bits per heavy atom. The number of benzene rings is 2. The predicted molar refractivity (Wildman–Crippen MR) is 86.1 cm³/mol. The van der Waals surface area contributed by atoms with Crippen LogP contribution in [0.5, 0.6) is 5.75 Å². The SMILES string of the molecule is COC(=O)COc1ccc(-c2cc3cc(C(=O)O)ccc3o2)cc1. The minimum absolute atomic E-state index is 0.154. The second kappa shape index (κ2) is 6.45.